The van der Waals surface area contributed by atoms with Gasteiger partial charge in [-0.1, -0.05) is 30.3 Å². The molecule has 0 bridgehead atoms. The predicted octanol–water partition coefficient (Wildman–Crippen LogP) is 1.57. The summed E-state index contributed by atoms with van der Waals surface area (Å²) in [5.74, 6) is 0. The van der Waals surface area contributed by atoms with Gasteiger partial charge in [-0.05, 0) is 18.6 Å². The van der Waals surface area contributed by atoms with Crippen LogP contribution in [-0.4, -0.2) is 17.2 Å². The molecule has 1 aromatic heterocycles. The van der Waals surface area contributed by atoms with Crippen molar-refractivity contribution < 1.29 is 14.5 Å². The van der Waals surface area contributed by atoms with E-state index in [2.05, 4.69) is 0 Å². The van der Waals surface area contributed by atoms with Gasteiger partial charge < -0.3 is 14.5 Å². The number of para-hydroxylation sites is 1. The highest BCUT2D eigenvalue weighted by molar-refractivity contribution is 6.61. The molecule has 84 valence electrons. The number of furan rings is 1. The van der Waals surface area contributed by atoms with E-state index in [1.54, 1.807) is 12.1 Å². The molecule has 0 unspecified atom stereocenters. The van der Waals surface area contributed by atoms with Crippen LogP contribution in [0.1, 0.15) is 5.56 Å². The zero-order valence-corrected chi connectivity index (χ0v) is 9.34. The number of hydrogen-bond donors (Lipinski definition) is 2. The molecule has 17 heavy (non-hydrogen) atoms. The average Bonchev–Trinajstić information content (AvgIpc) is 2.65. The van der Waals surface area contributed by atoms with Crippen LogP contribution in [0.2, 0.25) is 0 Å². The van der Waals surface area contributed by atoms with Gasteiger partial charge in [0.1, 0.15) is 11.2 Å². The van der Waals surface area contributed by atoms with Crippen LogP contribution in [0.25, 0.3) is 21.9 Å². The van der Waals surface area contributed by atoms with Gasteiger partial charge in [0.25, 0.3) is 0 Å². The van der Waals surface area contributed by atoms with E-state index in [0.717, 1.165) is 21.9 Å². The van der Waals surface area contributed by atoms with Gasteiger partial charge in [0, 0.05) is 16.2 Å². The Hall–Kier alpha value is -1.78. The van der Waals surface area contributed by atoms with Gasteiger partial charge in [0.15, 0.2) is 0 Å². The summed E-state index contributed by atoms with van der Waals surface area (Å²) in [5, 5.41) is 20.5. The minimum absolute atomic E-state index is 0.399. The maximum atomic E-state index is 9.30. The second-order valence-electron chi connectivity index (χ2n) is 4.20. The monoisotopic (exact) mass is 226 g/mol. The van der Waals surface area contributed by atoms with Gasteiger partial charge >= 0.3 is 7.12 Å². The van der Waals surface area contributed by atoms with Crippen molar-refractivity contribution in [2.75, 3.05) is 0 Å². The van der Waals surface area contributed by atoms with Crippen molar-refractivity contribution in [2.45, 2.75) is 6.92 Å². The first-order valence-corrected chi connectivity index (χ1v) is 5.45. The minimum atomic E-state index is -1.51. The SMILES string of the molecule is Cc1ccc2c(c1)oc1c(B(O)O)cccc12. The maximum Gasteiger partial charge on any atom is 0.492 e. The second kappa shape index (κ2) is 3.62. The number of aryl methyl sites for hydroxylation is 1. The molecule has 3 aromatic rings. The molecule has 0 amide bonds. The first-order chi connectivity index (χ1) is 8.16. The second-order valence-corrected chi connectivity index (χ2v) is 4.20. The van der Waals surface area contributed by atoms with Crippen molar-refractivity contribution in [3.05, 3.63) is 42.0 Å². The van der Waals surface area contributed by atoms with Crippen LogP contribution in [0.15, 0.2) is 40.8 Å². The Morgan fingerprint density at radius 2 is 1.88 bits per heavy atom. The molecule has 0 atom stereocenters. The third kappa shape index (κ3) is 1.53. The lowest BCUT2D eigenvalue weighted by Crippen LogP contribution is -2.29. The first-order valence-electron chi connectivity index (χ1n) is 5.45. The third-order valence-corrected chi connectivity index (χ3v) is 2.96. The Bertz CT molecular complexity index is 700. The standard InChI is InChI=1S/C13H11BO3/c1-8-5-6-9-10-3-2-4-11(14(15)16)13(10)17-12(9)7-8/h2-7,15-16H,1H3. The summed E-state index contributed by atoms with van der Waals surface area (Å²) in [5.41, 5.74) is 2.83. The first kappa shape index (κ1) is 10.4. The van der Waals surface area contributed by atoms with Crippen molar-refractivity contribution in [1.29, 1.82) is 0 Å². The summed E-state index contributed by atoms with van der Waals surface area (Å²) in [6.07, 6.45) is 0. The van der Waals surface area contributed by atoms with E-state index in [-0.39, 0.29) is 0 Å². The van der Waals surface area contributed by atoms with Gasteiger partial charge in [-0.2, -0.15) is 0 Å². The van der Waals surface area contributed by atoms with Gasteiger partial charge in [0.05, 0.1) is 0 Å². The molecule has 0 aliphatic rings. The van der Waals surface area contributed by atoms with Crippen LogP contribution in [-0.2, 0) is 0 Å². The molecule has 0 aliphatic carbocycles. The third-order valence-electron chi connectivity index (χ3n) is 2.96. The predicted molar refractivity (Wildman–Crippen MR) is 68.3 cm³/mol. The lowest BCUT2D eigenvalue weighted by molar-refractivity contribution is 0.425. The molecule has 0 fully saturated rings. The summed E-state index contributed by atoms with van der Waals surface area (Å²) < 4.78 is 5.71. The molecular weight excluding hydrogens is 215 g/mol. The van der Waals surface area contributed by atoms with E-state index in [1.807, 2.05) is 31.2 Å². The molecule has 2 aromatic carbocycles. The highest BCUT2D eigenvalue weighted by atomic mass is 16.4. The summed E-state index contributed by atoms with van der Waals surface area (Å²) in [4.78, 5) is 0. The number of fused-ring (bicyclic) bond motifs is 3. The van der Waals surface area contributed by atoms with Crippen LogP contribution in [0.4, 0.5) is 0 Å². The zero-order valence-electron chi connectivity index (χ0n) is 9.34. The number of benzene rings is 2. The highest BCUT2D eigenvalue weighted by Gasteiger charge is 2.18. The molecule has 1 heterocycles. The molecule has 0 saturated heterocycles. The molecular formula is C13H11BO3. The Morgan fingerprint density at radius 1 is 1.06 bits per heavy atom. The van der Waals surface area contributed by atoms with Crippen LogP contribution >= 0.6 is 0 Å². The Labute approximate surface area is 98.4 Å². The highest BCUT2D eigenvalue weighted by Crippen LogP contribution is 2.28. The minimum Gasteiger partial charge on any atom is -0.456 e. The molecule has 0 saturated carbocycles. The summed E-state index contributed by atoms with van der Waals surface area (Å²) in [6, 6.07) is 11.3. The molecule has 0 aliphatic heterocycles. The van der Waals surface area contributed by atoms with Crippen LogP contribution < -0.4 is 5.46 Å². The molecule has 0 radical (unpaired) electrons. The van der Waals surface area contributed by atoms with Crippen molar-refractivity contribution in [3.63, 3.8) is 0 Å². The average molecular weight is 226 g/mol. The molecule has 4 heteroatoms. The van der Waals surface area contributed by atoms with Crippen LogP contribution in [0, 0.1) is 6.92 Å². The van der Waals surface area contributed by atoms with E-state index in [0.29, 0.717) is 11.0 Å². The van der Waals surface area contributed by atoms with Gasteiger partial charge in [-0.25, -0.2) is 0 Å². The molecule has 3 nitrogen and oxygen atoms in total. The smallest absolute Gasteiger partial charge is 0.456 e. The van der Waals surface area contributed by atoms with Crippen LogP contribution in [0.3, 0.4) is 0 Å². The maximum absolute atomic E-state index is 9.30. The summed E-state index contributed by atoms with van der Waals surface area (Å²) in [7, 11) is -1.51. The number of hydrogen-bond acceptors (Lipinski definition) is 3. The van der Waals surface area contributed by atoms with E-state index in [9.17, 15) is 10.0 Å². The fourth-order valence-corrected chi connectivity index (χ4v) is 2.13. The fourth-order valence-electron chi connectivity index (χ4n) is 2.13. The Morgan fingerprint density at radius 3 is 2.65 bits per heavy atom. The lowest BCUT2D eigenvalue weighted by Gasteiger charge is -1.98. The molecule has 3 rings (SSSR count). The van der Waals surface area contributed by atoms with Crippen molar-refractivity contribution >= 4 is 34.5 Å². The Balaban J connectivity index is 2.46. The van der Waals surface area contributed by atoms with E-state index in [1.165, 1.54) is 0 Å². The van der Waals surface area contributed by atoms with Gasteiger partial charge in [0.2, 0.25) is 0 Å². The Kier molecular flexibility index (Phi) is 2.21. The number of rotatable bonds is 1. The summed E-state index contributed by atoms with van der Waals surface area (Å²) in [6.45, 7) is 1.99. The van der Waals surface area contributed by atoms with E-state index < -0.39 is 7.12 Å². The lowest BCUT2D eigenvalue weighted by atomic mass is 9.79. The van der Waals surface area contributed by atoms with E-state index in [4.69, 9.17) is 4.42 Å². The summed E-state index contributed by atoms with van der Waals surface area (Å²) >= 11 is 0. The van der Waals surface area contributed by atoms with Gasteiger partial charge in [-0.3, -0.25) is 0 Å². The van der Waals surface area contributed by atoms with Crippen LogP contribution in [0.5, 0.6) is 0 Å². The quantitative estimate of drug-likeness (QED) is 0.619. The van der Waals surface area contributed by atoms with E-state index >= 15 is 0 Å². The fraction of sp³-hybridized carbons (Fsp3) is 0.0769. The zero-order chi connectivity index (χ0) is 12.0. The topological polar surface area (TPSA) is 53.6 Å². The largest absolute Gasteiger partial charge is 0.492 e. The van der Waals surface area contributed by atoms with Crippen molar-refractivity contribution in [3.8, 4) is 0 Å². The van der Waals surface area contributed by atoms with Gasteiger partial charge in [-0.15, -0.1) is 0 Å². The van der Waals surface area contributed by atoms with Crippen molar-refractivity contribution in [1.82, 2.24) is 0 Å². The normalized spacial score (nSPS) is 11.2. The van der Waals surface area contributed by atoms with Crippen molar-refractivity contribution in [2.24, 2.45) is 0 Å². The molecule has 2 N–H and O–H groups in total. The molecule has 0 spiro atoms.